The summed E-state index contributed by atoms with van der Waals surface area (Å²) in [5, 5.41) is 14.2. The van der Waals surface area contributed by atoms with Gasteiger partial charge in [0, 0.05) is 37.1 Å². The van der Waals surface area contributed by atoms with Crippen molar-refractivity contribution >= 4 is 29.1 Å². The van der Waals surface area contributed by atoms with Gasteiger partial charge in [-0.25, -0.2) is 4.39 Å². The van der Waals surface area contributed by atoms with E-state index in [0.29, 0.717) is 29.7 Å². The van der Waals surface area contributed by atoms with Gasteiger partial charge in [-0.05, 0) is 50.3 Å². The Labute approximate surface area is 214 Å². The standard InChI is InChI=1S/C26H42ClFN4O3/c1-7-17(4)12-30-25(35)19(16(2)3)11-23(33)21(29)13-31-14-24(34)32(15-26(31,5)6)22-10-18(28)8-9-20(22)27/h8-10,16-17,19,21,23,33H,7,11-15,29H2,1-6H3,(H,30,35)/t17-,19-,21-,23-/m0/s1. The summed E-state index contributed by atoms with van der Waals surface area (Å²) in [6, 6.07) is 3.32. The highest BCUT2D eigenvalue weighted by Crippen LogP contribution is 2.32. The number of carbonyl (C=O) groups excluding carboxylic acids is 2. The molecule has 0 aromatic heterocycles. The highest BCUT2D eigenvalue weighted by molar-refractivity contribution is 6.33. The third-order valence-corrected chi connectivity index (χ3v) is 7.43. The molecule has 198 valence electrons. The Morgan fingerprint density at radius 3 is 2.57 bits per heavy atom. The summed E-state index contributed by atoms with van der Waals surface area (Å²) in [4.78, 5) is 29.2. The van der Waals surface area contributed by atoms with Crippen LogP contribution in [0.15, 0.2) is 18.2 Å². The van der Waals surface area contributed by atoms with Crippen LogP contribution >= 0.6 is 11.6 Å². The van der Waals surface area contributed by atoms with Crippen molar-refractivity contribution in [1.29, 1.82) is 0 Å². The average molecular weight is 513 g/mol. The van der Waals surface area contributed by atoms with E-state index >= 15 is 0 Å². The molecule has 1 fully saturated rings. The molecule has 0 bridgehead atoms. The Balaban J connectivity index is 2.04. The van der Waals surface area contributed by atoms with Crippen LogP contribution in [0, 0.1) is 23.6 Å². The van der Waals surface area contributed by atoms with E-state index in [1.807, 2.05) is 32.6 Å². The van der Waals surface area contributed by atoms with E-state index in [-0.39, 0.29) is 43.2 Å². The van der Waals surface area contributed by atoms with Crippen LogP contribution in [-0.2, 0) is 9.59 Å². The third kappa shape index (κ3) is 7.87. The molecule has 4 atom stereocenters. The Hall–Kier alpha value is -1.74. The van der Waals surface area contributed by atoms with E-state index < -0.39 is 23.5 Å². The lowest BCUT2D eigenvalue weighted by molar-refractivity contribution is -0.127. The zero-order valence-electron chi connectivity index (χ0n) is 21.9. The number of rotatable bonds is 11. The zero-order chi connectivity index (χ0) is 26.5. The van der Waals surface area contributed by atoms with Crippen molar-refractivity contribution in [3.05, 3.63) is 29.0 Å². The Kier molecular flexibility index (Phi) is 10.5. The van der Waals surface area contributed by atoms with Crippen molar-refractivity contribution < 1.29 is 19.1 Å². The predicted octanol–water partition coefficient (Wildman–Crippen LogP) is 3.42. The molecule has 7 nitrogen and oxygen atoms in total. The number of hydrogen-bond donors (Lipinski definition) is 3. The van der Waals surface area contributed by atoms with Gasteiger partial charge >= 0.3 is 0 Å². The summed E-state index contributed by atoms with van der Waals surface area (Å²) in [6.07, 6.45) is 0.324. The molecule has 1 aliphatic heterocycles. The lowest BCUT2D eigenvalue weighted by atomic mass is 9.86. The molecule has 2 amide bonds. The van der Waals surface area contributed by atoms with Gasteiger partial charge in [0.2, 0.25) is 11.8 Å². The minimum Gasteiger partial charge on any atom is -0.391 e. The van der Waals surface area contributed by atoms with Crippen LogP contribution in [-0.4, -0.2) is 65.7 Å². The van der Waals surface area contributed by atoms with Crippen LogP contribution in [0.1, 0.15) is 54.4 Å². The van der Waals surface area contributed by atoms with Crippen molar-refractivity contribution in [2.75, 3.05) is 31.1 Å². The van der Waals surface area contributed by atoms with E-state index in [1.54, 1.807) is 0 Å². The van der Waals surface area contributed by atoms with Gasteiger partial charge in [0.1, 0.15) is 5.82 Å². The number of benzene rings is 1. The topological polar surface area (TPSA) is 98.9 Å². The highest BCUT2D eigenvalue weighted by Gasteiger charge is 2.40. The molecule has 0 radical (unpaired) electrons. The molecular formula is C26H42ClFN4O3. The van der Waals surface area contributed by atoms with Crippen molar-refractivity contribution in [3.8, 4) is 0 Å². The number of hydrogen-bond acceptors (Lipinski definition) is 5. The van der Waals surface area contributed by atoms with E-state index in [0.717, 1.165) is 6.42 Å². The molecular weight excluding hydrogens is 471 g/mol. The van der Waals surface area contributed by atoms with Crippen molar-refractivity contribution in [2.45, 2.75) is 72.1 Å². The van der Waals surface area contributed by atoms with Crippen LogP contribution in [0.25, 0.3) is 0 Å². The minimum atomic E-state index is -0.904. The maximum absolute atomic E-state index is 13.8. The molecule has 35 heavy (non-hydrogen) atoms. The minimum absolute atomic E-state index is 0.0476. The van der Waals surface area contributed by atoms with E-state index in [1.165, 1.54) is 23.1 Å². The number of carbonyl (C=O) groups is 2. The number of nitrogens with two attached hydrogens (primary N) is 1. The van der Waals surface area contributed by atoms with Crippen LogP contribution < -0.4 is 16.0 Å². The molecule has 4 N–H and O–H groups in total. The molecule has 1 saturated heterocycles. The lowest BCUT2D eigenvalue weighted by Gasteiger charge is -2.47. The molecule has 0 saturated carbocycles. The summed E-state index contributed by atoms with van der Waals surface area (Å²) in [7, 11) is 0. The summed E-state index contributed by atoms with van der Waals surface area (Å²) < 4.78 is 13.8. The highest BCUT2D eigenvalue weighted by atomic mass is 35.5. The van der Waals surface area contributed by atoms with Gasteiger partial charge in [0.15, 0.2) is 0 Å². The molecule has 0 unspecified atom stereocenters. The number of nitrogens with zero attached hydrogens (tertiary/aromatic N) is 2. The first kappa shape index (κ1) is 29.5. The third-order valence-electron chi connectivity index (χ3n) is 7.11. The van der Waals surface area contributed by atoms with Crippen LogP contribution in [0.3, 0.4) is 0 Å². The Morgan fingerprint density at radius 1 is 1.31 bits per heavy atom. The first-order valence-electron chi connectivity index (χ1n) is 12.5. The fourth-order valence-corrected chi connectivity index (χ4v) is 4.52. The molecule has 0 aliphatic carbocycles. The maximum atomic E-state index is 13.8. The quantitative estimate of drug-likeness (QED) is 0.422. The average Bonchev–Trinajstić information content (AvgIpc) is 2.79. The predicted molar refractivity (Wildman–Crippen MR) is 139 cm³/mol. The summed E-state index contributed by atoms with van der Waals surface area (Å²) in [6.45, 7) is 13.3. The van der Waals surface area contributed by atoms with Gasteiger partial charge in [-0.2, -0.15) is 0 Å². The Morgan fingerprint density at radius 2 is 1.97 bits per heavy atom. The second kappa shape index (κ2) is 12.5. The first-order chi connectivity index (χ1) is 16.3. The SMILES string of the molecule is CC[C@H](C)CNC(=O)[C@@H](C[C@H](O)[C@@H](N)CN1CC(=O)N(c2cc(F)ccc2Cl)CC1(C)C)C(C)C. The smallest absolute Gasteiger partial charge is 0.241 e. The van der Waals surface area contributed by atoms with E-state index in [9.17, 15) is 19.1 Å². The van der Waals surface area contributed by atoms with Crippen molar-refractivity contribution in [2.24, 2.45) is 23.5 Å². The van der Waals surface area contributed by atoms with Gasteiger partial charge in [0.25, 0.3) is 0 Å². The summed E-state index contributed by atoms with van der Waals surface area (Å²) >= 11 is 6.24. The molecule has 1 aromatic carbocycles. The number of piperazine rings is 1. The summed E-state index contributed by atoms with van der Waals surface area (Å²) in [5.74, 6) is -0.672. The molecule has 1 heterocycles. The normalized spacial score (nSPS) is 20.0. The molecule has 9 heteroatoms. The van der Waals surface area contributed by atoms with Crippen molar-refractivity contribution in [1.82, 2.24) is 10.2 Å². The van der Waals surface area contributed by atoms with Gasteiger partial charge in [-0.15, -0.1) is 0 Å². The number of amides is 2. The fourth-order valence-electron chi connectivity index (χ4n) is 4.30. The van der Waals surface area contributed by atoms with Gasteiger partial charge in [-0.1, -0.05) is 45.7 Å². The van der Waals surface area contributed by atoms with Gasteiger partial charge in [-0.3, -0.25) is 14.5 Å². The number of aliphatic hydroxyl groups is 1. The van der Waals surface area contributed by atoms with Crippen LogP contribution in [0.4, 0.5) is 10.1 Å². The lowest BCUT2D eigenvalue weighted by Crippen LogP contribution is -2.64. The largest absolute Gasteiger partial charge is 0.391 e. The zero-order valence-corrected chi connectivity index (χ0v) is 22.6. The number of aliphatic hydroxyl groups excluding tert-OH is 1. The molecule has 2 rings (SSSR count). The van der Waals surface area contributed by atoms with E-state index in [2.05, 4.69) is 19.2 Å². The number of halogens is 2. The molecule has 1 aromatic rings. The number of anilines is 1. The first-order valence-corrected chi connectivity index (χ1v) is 12.9. The molecule has 1 aliphatic rings. The monoisotopic (exact) mass is 512 g/mol. The summed E-state index contributed by atoms with van der Waals surface area (Å²) in [5.41, 5.74) is 6.23. The van der Waals surface area contributed by atoms with Gasteiger partial charge in [0.05, 0.1) is 23.4 Å². The van der Waals surface area contributed by atoms with Crippen molar-refractivity contribution in [3.63, 3.8) is 0 Å². The van der Waals surface area contributed by atoms with E-state index in [4.69, 9.17) is 17.3 Å². The maximum Gasteiger partial charge on any atom is 0.241 e. The second-order valence-corrected chi connectivity index (χ2v) is 11.3. The van der Waals surface area contributed by atoms with Gasteiger partial charge < -0.3 is 21.1 Å². The fraction of sp³-hybridized carbons (Fsp3) is 0.692. The number of nitrogens with one attached hydrogen (secondary N) is 1. The Bertz CT molecular complexity index is 882. The van der Waals surface area contributed by atoms with Crippen LogP contribution in [0.5, 0.6) is 0 Å². The second-order valence-electron chi connectivity index (χ2n) is 10.8. The van der Waals surface area contributed by atoms with Crippen LogP contribution in [0.2, 0.25) is 5.02 Å². The molecule has 0 spiro atoms.